The van der Waals surface area contributed by atoms with E-state index in [1.165, 1.54) is 16.3 Å². The van der Waals surface area contributed by atoms with Crippen molar-refractivity contribution in [3.63, 3.8) is 0 Å². The quantitative estimate of drug-likeness (QED) is 0.703. The standard InChI is InChI=1S/C8H14N4O2S/c1-12-7(13)10-11-8(12)15-6-4-14-3-2-5(6)9/h5-6H,2-4,9H2,1H3,(H,10,13). The third-order valence-corrected chi connectivity index (χ3v) is 3.82. The van der Waals surface area contributed by atoms with Gasteiger partial charge in [0.05, 0.1) is 11.9 Å². The predicted molar refractivity (Wildman–Crippen MR) is 56.9 cm³/mol. The lowest BCUT2D eigenvalue weighted by Gasteiger charge is -2.27. The summed E-state index contributed by atoms with van der Waals surface area (Å²) < 4.78 is 6.82. The second kappa shape index (κ2) is 4.38. The zero-order valence-corrected chi connectivity index (χ0v) is 9.29. The topological polar surface area (TPSA) is 85.9 Å². The number of thioether (sulfide) groups is 1. The van der Waals surface area contributed by atoms with Gasteiger partial charge in [0.2, 0.25) is 0 Å². The first-order valence-electron chi connectivity index (χ1n) is 4.80. The molecule has 0 spiro atoms. The maximum absolute atomic E-state index is 11.1. The van der Waals surface area contributed by atoms with Crippen LogP contribution < -0.4 is 11.4 Å². The molecular formula is C8H14N4O2S. The average Bonchev–Trinajstić information content (AvgIpc) is 2.53. The third kappa shape index (κ3) is 2.24. The first-order valence-corrected chi connectivity index (χ1v) is 5.68. The molecule has 1 fully saturated rings. The van der Waals surface area contributed by atoms with Crippen LogP contribution in [0.3, 0.4) is 0 Å². The van der Waals surface area contributed by atoms with Gasteiger partial charge in [0.1, 0.15) is 0 Å². The largest absolute Gasteiger partial charge is 0.380 e. The van der Waals surface area contributed by atoms with Crippen molar-refractivity contribution in [2.24, 2.45) is 12.8 Å². The summed E-state index contributed by atoms with van der Waals surface area (Å²) in [7, 11) is 1.68. The summed E-state index contributed by atoms with van der Waals surface area (Å²) in [6.45, 7) is 1.34. The minimum atomic E-state index is -0.206. The van der Waals surface area contributed by atoms with Gasteiger partial charge in [0.15, 0.2) is 5.16 Å². The number of ether oxygens (including phenoxy) is 1. The molecule has 2 heterocycles. The van der Waals surface area contributed by atoms with Gasteiger partial charge in [-0.1, -0.05) is 11.8 Å². The van der Waals surface area contributed by atoms with Gasteiger partial charge in [0.25, 0.3) is 0 Å². The molecule has 0 bridgehead atoms. The summed E-state index contributed by atoms with van der Waals surface area (Å²) >= 11 is 1.49. The molecule has 7 heteroatoms. The van der Waals surface area contributed by atoms with Crippen LogP contribution in [0.25, 0.3) is 0 Å². The second-order valence-corrected chi connectivity index (χ2v) is 4.76. The van der Waals surface area contributed by atoms with E-state index < -0.39 is 0 Å². The zero-order chi connectivity index (χ0) is 10.8. The van der Waals surface area contributed by atoms with Crippen molar-refractivity contribution in [1.82, 2.24) is 14.8 Å². The van der Waals surface area contributed by atoms with Crippen LogP contribution in [0, 0.1) is 0 Å². The van der Waals surface area contributed by atoms with Gasteiger partial charge in [-0.2, -0.15) is 0 Å². The number of hydrogen-bond donors (Lipinski definition) is 2. The zero-order valence-electron chi connectivity index (χ0n) is 8.47. The molecule has 1 saturated heterocycles. The summed E-state index contributed by atoms with van der Waals surface area (Å²) in [5.41, 5.74) is 5.75. The number of hydrogen-bond acceptors (Lipinski definition) is 5. The first kappa shape index (κ1) is 10.7. The third-order valence-electron chi connectivity index (χ3n) is 2.45. The van der Waals surface area contributed by atoms with E-state index in [9.17, 15) is 4.79 Å². The van der Waals surface area contributed by atoms with Gasteiger partial charge in [-0.25, -0.2) is 9.89 Å². The monoisotopic (exact) mass is 230 g/mol. The molecule has 1 aliphatic rings. The Kier molecular flexibility index (Phi) is 3.13. The van der Waals surface area contributed by atoms with Crippen LogP contribution in [-0.2, 0) is 11.8 Å². The van der Waals surface area contributed by atoms with E-state index in [0.717, 1.165) is 13.0 Å². The summed E-state index contributed by atoms with van der Waals surface area (Å²) in [6, 6.07) is 0.107. The van der Waals surface area contributed by atoms with E-state index in [1.807, 2.05) is 0 Å². The lowest BCUT2D eigenvalue weighted by molar-refractivity contribution is 0.0915. The van der Waals surface area contributed by atoms with Gasteiger partial charge in [0, 0.05) is 19.7 Å². The number of nitrogens with two attached hydrogens (primary N) is 1. The summed E-state index contributed by atoms with van der Waals surface area (Å²) in [4.78, 5) is 11.1. The number of aromatic nitrogens is 3. The minimum absolute atomic E-state index is 0.107. The molecule has 84 valence electrons. The Morgan fingerprint density at radius 1 is 1.73 bits per heavy atom. The second-order valence-electron chi connectivity index (χ2n) is 3.55. The van der Waals surface area contributed by atoms with E-state index in [-0.39, 0.29) is 17.0 Å². The maximum atomic E-state index is 11.1. The fourth-order valence-corrected chi connectivity index (χ4v) is 2.51. The Labute approximate surface area is 91.2 Å². The Morgan fingerprint density at radius 3 is 3.13 bits per heavy atom. The molecule has 3 N–H and O–H groups in total. The van der Waals surface area contributed by atoms with Crippen molar-refractivity contribution in [2.75, 3.05) is 13.2 Å². The molecule has 6 nitrogen and oxygen atoms in total. The molecule has 1 aromatic heterocycles. The highest BCUT2D eigenvalue weighted by Gasteiger charge is 2.25. The highest BCUT2D eigenvalue weighted by Crippen LogP contribution is 2.25. The number of H-pyrrole nitrogens is 1. The molecule has 1 aromatic rings. The first-order chi connectivity index (χ1) is 7.18. The predicted octanol–water partition coefficient (Wildman–Crippen LogP) is -0.683. The highest BCUT2D eigenvalue weighted by atomic mass is 32.2. The number of nitrogens with one attached hydrogen (secondary N) is 1. The number of rotatable bonds is 2. The molecule has 0 radical (unpaired) electrons. The molecule has 2 rings (SSSR count). The summed E-state index contributed by atoms with van der Waals surface area (Å²) in [5.74, 6) is 0. The van der Waals surface area contributed by atoms with Crippen LogP contribution in [0.2, 0.25) is 0 Å². The van der Waals surface area contributed by atoms with Crippen molar-refractivity contribution in [3.8, 4) is 0 Å². The van der Waals surface area contributed by atoms with Crippen LogP contribution in [0.15, 0.2) is 9.95 Å². The molecule has 1 aliphatic heterocycles. The smallest absolute Gasteiger partial charge is 0.343 e. The van der Waals surface area contributed by atoms with E-state index in [1.54, 1.807) is 7.05 Å². The summed E-state index contributed by atoms with van der Waals surface area (Å²) in [6.07, 6.45) is 0.857. The Balaban J connectivity index is 2.07. The number of aromatic amines is 1. The van der Waals surface area contributed by atoms with Gasteiger partial charge in [-0.3, -0.25) is 4.57 Å². The molecular weight excluding hydrogens is 216 g/mol. The van der Waals surface area contributed by atoms with E-state index in [0.29, 0.717) is 11.8 Å². The Hall–Kier alpha value is -0.790. The maximum Gasteiger partial charge on any atom is 0.343 e. The van der Waals surface area contributed by atoms with Crippen molar-refractivity contribution in [1.29, 1.82) is 0 Å². The molecule has 0 saturated carbocycles. The lowest BCUT2D eigenvalue weighted by Crippen LogP contribution is -2.41. The van der Waals surface area contributed by atoms with Gasteiger partial charge < -0.3 is 10.5 Å². The van der Waals surface area contributed by atoms with E-state index in [2.05, 4.69) is 10.2 Å². The molecule has 15 heavy (non-hydrogen) atoms. The Morgan fingerprint density at radius 2 is 2.53 bits per heavy atom. The molecule has 0 amide bonds. The van der Waals surface area contributed by atoms with Crippen LogP contribution in [-0.4, -0.2) is 39.3 Å². The molecule has 0 aliphatic carbocycles. The van der Waals surface area contributed by atoms with Crippen LogP contribution in [0.1, 0.15) is 6.42 Å². The van der Waals surface area contributed by atoms with Gasteiger partial charge >= 0.3 is 5.69 Å². The average molecular weight is 230 g/mol. The van der Waals surface area contributed by atoms with Gasteiger partial charge in [-0.15, -0.1) is 5.10 Å². The highest BCUT2D eigenvalue weighted by molar-refractivity contribution is 7.99. The van der Waals surface area contributed by atoms with Crippen molar-refractivity contribution >= 4 is 11.8 Å². The molecule has 2 atom stereocenters. The number of nitrogens with zero attached hydrogens (tertiary/aromatic N) is 2. The SMILES string of the molecule is Cn1c(SC2COCCC2N)n[nH]c1=O. The van der Waals surface area contributed by atoms with Crippen LogP contribution in [0.5, 0.6) is 0 Å². The molecule has 0 aromatic carbocycles. The normalized spacial score (nSPS) is 26.8. The summed E-state index contributed by atoms with van der Waals surface area (Å²) in [5, 5.41) is 7.15. The van der Waals surface area contributed by atoms with Crippen molar-refractivity contribution < 1.29 is 4.74 Å². The van der Waals surface area contributed by atoms with E-state index >= 15 is 0 Å². The minimum Gasteiger partial charge on any atom is -0.380 e. The Bertz CT molecular complexity index is 388. The van der Waals surface area contributed by atoms with Gasteiger partial charge in [-0.05, 0) is 6.42 Å². The van der Waals surface area contributed by atoms with Crippen LogP contribution in [0.4, 0.5) is 0 Å². The van der Waals surface area contributed by atoms with Crippen LogP contribution >= 0.6 is 11.8 Å². The fourth-order valence-electron chi connectivity index (χ4n) is 1.42. The van der Waals surface area contributed by atoms with E-state index in [4.69, 9.17) is 10.5 Å². The van der Waals surface area contributed by atoms with Crippen molar-refractivity contribution in [3.05, 3.63) is 10.5 Å². The lowest BCUT2D eigenvalue weighted by atomic mass is 10.1. The van der Waals surface area contributed by atoms with Crippen molar-refractivity contribution in [2.45, 2.75) is 22.9 Å². The fraction of sp³-hybridized carbons (Fsp3) is 0.750. The molecule has 2 unspecified atom stereocenters.